The maximum absolute atomic E-state index is 15.0. The van der Waals surface area contributed by atoms with Gasteiger partial charge in [0.2, 0.25) is 0 Å². The Morgan fingerprint density at radius 2 is 1.97 bits per heavy atom. The summed E-state index contributed by atoms with van der Waals surface area (Å²) in [5.74, 6) is -0.777. The number of nitrogens with zero attached hydrogens (tertiary/aromatic N) is 5. The summed E-state index contributed by atoms with van der Waals surface area (Å²) in [6, 6.07) is 6.17. The van der Waals surface area contributed by atoms with Crippen molar-refractivity contribution in [2.75, 3.05) is 6.61 Å². The fourth-order valence-corrected chi connectivity index (χ4v) is 5.07. The van der Waals surface area contributed by atoms with Crippen molar-refractivity contribution in [2.24, 2.45) is 0 Å². The Labute approximate surface area is 214 Å². The molecule has 2 aliphatic rings. The maximum Gasteiger partial charge on any atom is 0.280 e. The summed E-state index contributed by atoms with van der Waals surface area (Å²) in [7, 11) is 0. The minimum atomic E-state index is -2.96. The first-order valence-electron chi connectivity index (χ1n) is 12.1. The highest BCUT2D eigenvalue weighted by atomic mass is 35.5. The van der Waals surface area contributed by atoms with E-state index in [2.05, 4.69) is 15.2 Å². The van der Waals surface area contributed by atoms with E-state index in [0.717, 1.165) is 29.0 Å². The minimum Gasteiger partial charge on any atom is -0.373 e. The number of ether oxygens (including phenoxy) is 1. The van der Waals surface area contributed by atoms with Gasteiger partial charge >= 0.3 is 0 Å². The first-order chi connectivity index (χ1) is 17.8. The lowest BCUT2D eigenvalue weighted by Crippen LogP contribution is -2.26. The van der Waals surface area contributed by atoms with Crippen LogP contribution in [0.2, 0.25) is 5.02 Å². The van der Waals surface area contributed by atoms with Crippen LogP contribution in [-0.2, 0) is 4.74 Å². The van der Waals surface area contributed by atoms with Crippen LogP contribution >= 0.6 is 11.6 Å². The fraction of sp³-hybridized carbons (Fsp3) is 0.385. The number of halogens is 4. The molecule has 1 saturated heterocycles. The van der Waals surface area contributed by atoms with Crippen molar-refractivity contribution in [1.82, 2.24) is 24.4 Å². The normalized spacial score (nSPS) is 20.2. The molecule has 4 heterocycles. The van der Waals surface area contributed by atoms with Gasteiger partial charge in [-0.3, -0.25) is 9.48 Å². The van der Waals surface area contributed by atoms with E-state index >= 15 is 4.39 Å². The van der Waals surface area contributed by atoms with E-state index in [4.69, 9.17) is 16.3 Å². The van der Waals surface area contributed by atoms with Gasteiger partial charge in [-0.2, -0.15) is 14.7 Å². The Kier molecular flexibility index (Phi) is 6.03. The summed E-state index contributed by atoms with van der Waals surface area (Å²) >= 11 is 5.94. The number of alkyl halides is 2. The summed E-state index contributed by atoms with van der Waals surface area (Å²) in [5, 5.41) is 9.18. The molecule has 192 valence electrons. The number of rotatable bonds is 5. The highest BCUT2D eigenvalue weighted by Crippen LogP contribution is 2.40. The SMILES string of the molecule is Cc1c(C(F)F)nc2c(-c3ccc(Cl)cc3F)cc([C@@H]3CCO[C@H](c4cnn(C5CC5)c4)C3)nn2c1=O. The van der Waals surface area contributed by atoms with Crippen LogP contribution in [0.15, 0.2) is 41.5 Å². The summed E-state index contributed by atoms with van der Waals surface area (Å²) in [6.45, 7) is 1.76. The summed E-state index contributed by atoms with van der Waals surface area (Å²) in [4.78, 5) is 17.2. The van der Waals surface area contributed by atoms with E-state index in [-0.39, 0.29) is 39.4 Å². The molecule has 1 aromatic carbocycles. The van der Waals surface area contributed by atoms with E-state index in [1.807, 2.05) is 17.1 Å². The molecule has 1 aliphatic heterocycles. The van der Waals surface area contributed by atoms with Crippen LogP contribution in [0.5, 0.6) is 0 Å². The molecule has 0 unspecified atom stereocenters. The number of hydrogen-bond donors (Lipinski definition) is 0. The van der Waals surface area contributed by atoms with Crippen LogP contribution in [-0.4, -0.2) is 31.0 Å². The van der Waals surface area contributed by atoms with Gasteiger partial charge < -0.3 is 4.74 Å². The lowest BCUT2D eigenvalue weighted by Gasteiger charge is -2.29. The van der Waals surface area contributed by atoms with Crippen molar-refractivity contribution in [3.63, 3.8) is 0 Å². The van der Waals surface area contributed by atoms with Gasteiger partial charge in [0.1, 0.15) is 11.5 Å². The Morgan fingerprint density at radius 3 is 2.70 bits per heavy atom. The van der Waals surface area contributed by atoms with Gasteiger partial charge in [0.15, 0.2) is 5.65 Å². The second kappa shape index (κ2) is 9.25. The fourth-order valence-electron chi connectivity index (χ4n) is 4.91. The van der Waals surface area contributed by atoms with E-state index in [9.17, 15) is 13.6 Å². The number of hydrogen-bond acceptors (Lipinski definition) is 5. The molecule has 7 nitrogen and oxygen atoms in total. The predicted molar refractivity (Wildman–Crippen MR) is 131 cm³/mol. The average Bonchev–Trinajstić information content (AvgIpc) is 3.62. The number of fused-ring (bicyclic) bond motifs is 1. The highest BCUT2D eigenvalue weighted by Gasteiger charge is 2.31. The minimum absolute atomic E-state index is 0.0934. The van der Waals surface area contributed by atoms with Crippen molar-refractivity contribution < 1.29 is 17.9 Å². The molecule has 37 heavy (non-hydrogen) atoms. The Bertz CT molecular complexity index is 1570. The van der Waals surface area contributed by atoms with Gasteiger partial charge in [0, 0.05) is 46.0 Å². The van der Waals surface area contributed by atoms with E-state index in [1.54, 1.807) is 6.07 Å². The quantitative estimate of drug-likeness (QED) is 0.319. The average molecular weight is 530 g/mol. The molecular formula is C26H23ClF3N5O2. The molecule has 0 radical (unpaired) electrons. The topological polar surface area (TPSA) is 74.3 Å². The van der Waals surface area contributed by atoms with Crippen molar-refractivity contribution in [2.45, 2.75) is 57.1 Å². The second-order valence-electron chi connectivity index (χ2n) is 9.64. The van der Waals surface area contributed by atoms with Gasteiger partial charge in [-0.25, -0.2) is 18.2 Å². The van der Waals surface area contributed by atoms with Crippen molar-refractivity contribution >= 4 is 17.2 Å². The molecule has 4 aromatic rings. The Morgan fingerprint density at radius 1 is 1.16 bits per heavy atom. The second-order valence-corrected chi connectivity index (χ2v) is 10.1. The van der Waals surface area contributed by atoms with E-state index in [0.29, 0.717) is 31.2 Å². The molecule has 1 aliphatic carbocycles. The highest BCUT2D eigenvalue weighted by molar-refractivity contribution is 6.30. The summed E-state index contributed by atoms with van der Waals surface area (Å²) in [6.07, 6.45) is 4.10. The first-order valence-corrected chi connectivity index (χ1v) is 12.5. The van der Waals surface area contributed by atoms with Crippen LogP contribution in [0.1, 0.15) is 72.7 Å². The van der Waals surface area contributed by atoms with E-state index < -0.39 is 23.5 Å². The number of aromatic nitrogens is 5. The van der Waals surface area contributed by atoms with Crippen molar-refractivity contribution in [3.05, 3.63) is 80.4 Å². The van der Waals surface area contributed by atoms with Gasteiger partial charge in [0.05, 0.1) is 24.0 Å². The van der Waals surface area contributed by atoms with Gasteiger partial charge in [0.25, 0.3) is 12.0 Å². The molecule has 1 saturated carbocycles. The van der Waals surface area contributed by atoms with Gasteiger partial charge in [-0.15, -0.1) is 0 Å². The predicted octanol–water partition coefficient (Wildman–Crippen LogP) is 5.96. The largest absolute Gasteiger partial charge is 0.373 e. The monoisotopic (exact) mass is 529 g/mol. The maximum atomic E-state index is 15.0. The molecule has 0 bridgehead atoms. The zero-order valence-electron chi connectivity index (χ0n) is 19.9. The van der Waals surface area contributed by atoms with Crippen LogP contribution in [0, 0.1) is 12.7 Å². The van der Waals surface area contributed by atoms with Crippen LogP contribution in [0.25, 0.3) is 16.8 Å². The third-order valence-corrected chi connectivity index (χ3v) is 7.35. The lowest BCUT2D eigenvalue weighted by atomic mass is 9.89. The van der Waals surface area contributed by atoms with Gasteiger partial charge in [-0.1, -0.05) is 11.6 Å². The van der Waals surface area contributed by atoms with Crippen molar-refractivity contribution in [1.29, 1.82) is 0 Å². The first kappa shape index (κ1) is 24.1. The molecule has 0 N–H and O–H groups in total. The summed E-state index contributed by atoms with van der Waals surface area (Å²) < 4.78 is 51.4. The smallest absolute Gasteiger partial charge is 0.280 e. The molecule has 2 atom stereocenters. The molecule has 11 heteroatoms. The standard InChI is InChI=1S/C26H23ClF3N5O2/c1-13-23(24(29)30)32-25-19(18-5-2-16(27)9-20(18)28)10-21(33-35(25)26(13)36)14-6-7-37-22(8-14)15-11-31-34(12-15)17-3-4-17/h2,5,9-12,14,17,22,24H,3-4,6-8H2,1H3/t14-,22+/m1/s1. The zero-order valence-corrected chi connectivity index (χ0v) is 20.6. The van der Waals surface area contributed by atoms with Crippen LogP contribution in [0.4, 0.5) is 13.2 Å². The third-order valence-electron chi connectivity index (χ3n) is 7.12. The Balaban J connectivity index is 1.47. The lowest BCUT2D eigenvalue weighted by molar-refractivity contribution is 0.00443. The molecule has 2 fully saturated rings. The zero-order chi connectivity index (χ0) is 25.8. The molecule has 0 spiro atoms. The van der Waals surface area contributed by atoms with Gasteiger partial charge in [-0.05, 0) is 56.9 Å². The van der Waals surface area contributed by atoms with Crippen LogP contribution < -0.4 is 5.56 Å². The molecule has 6 rings (SSSR count). The van der Waals surface area contributed by atoms with E-state index in [1.165, 1.54) is 19.1 Å². The summed E-state index contributed by atoms with van der Waals surface area (Å²) in [5.41, 5.74) is 0.104. The third kappa shape index (κ3) is 4.42. The molecular weight excluding hydrogens is 507 g/mol. The van der Waals surface area contributed by atoms with Crippen LogP contribution in [0.3, 0.4) is 0 Å². The number of benzene rings is 1. The van der Waals surface area contributed by atoms with Crippen molar-refractivity contribution in [3.8, 4) is 11.1 Å². The molecule has 0 amide bonds. The molecule has 3 aromatic heterocycles. The Hall–Kier alpha value is -3.24.